The smallest absolute Gasteiger partial charge is 0.215 e. The molecule has 3 nitrogen and oxygen atoms in total. The molecule has 0 atom stereocenters. The summed E-state index contributed by atoms with van der Waals surface area (Å²) in [5.74, 6) is 0. The maximum atomic E-state index is 5.21. The van der Waals surface area contributed by atoms with Crippen molar-refractivity contribution < 1.29 is 0 Å². The van der Waals surface area contributed by atoms with Crippen LogP contribution < -0.4 is 0 Å². The van der Waals surface area contributed by atoms with Crippen LogP contribution in [0.2, 0.25) is 0 Å². The second kappa shape index (κ2) is 2.90. The van der Waals surface area contributed by atoms with Gasteiger partial charge in [0.2, 0.25) is 9.73 Å². The Hall–Kier alpha value is -1.20. The predicted octanol–water partition coefficient (Wildman–Crippen LogP) is 3.22. The summed E-state index contributed by atoms with van der Waals surface area (Å²) in [5.41, 5.74) is 3.70. The standard InChI is InChI=1S/C10H9N3S2/c1-5-3-6(2)8-7(4-5)15-10-12-11-9(14)13(8)10/h3-4H,1-2H3,(H,11,14). The highest BCUT2D eigenvalue weighted by Gasteiger charge is 2.09. The van der Waals surface area contributed by atoms with Gasteiger partial charge in [-0.3, -0.25) is 9.50 Å². The van der Waals surface area contributed by atoms with Crippen molar-refractivity contribution in [3.63, 3.8) is 0 Å². The van der Waals surface area contributed by atoms with E-state index in [-0.39, 0.29) is 0 Å². The summed E-state index contributed by atoms with van der Waals surface area (Å²) in [6, 6.07) is 4.35. The molecule has 0 bridgehead atoms. The summed E-state index contributed by atoms with van der Waals surface area (Å²) >= 11 is 6.88. The van der Waals surface area contributed by atoms with Gasteiger partial charge < -0.3 is 0 Å². The highest BCUT2D eigenvalue weighted by atomic mass is 32.1. The van der Waals surface area contributed by atoms with Crippen molar-refractivity contribution in [1.82, 2.24) is 14.6 Å². The first-order valence-electron chi connectivity index (χ1n) is 4.64. The van der Waals surface area contributed by atoms with Gasteiger partial charge in [-0.15, -0.1) is 5.10 Å². The van der Waals surface area contributed by atoms with Gasteiger partial charge in [-0.05, 0) is 43.3 Å². The van der Waals surface area contributed by atoms with E-state index in [0.717, 1.165) is 4.96 Å². The fraction of sp³-hybridized carbons (Fsp3) is 0.200. The number of aryl methyl sites for hydroxylation is 2. The number of aromatic amines is 1. The van der Waals surface area contributed by atoms with Gasteiger partial charge in [-0.2, -0.15) is 0 Å². The highest BCUT2D eigenvalue weighted by molar-refractivity contribution is 7.71. The van der Waals surface area contributed by atoms with E-state index in [9.17, 15) is 0 Å². The molecule has 0 aliphatic heterocycles. The molecule has 15 heavy (non-hydrogen) atoms. The lowest BCUT2D eigenvalue weighted by Crippen LogP contribution is -1.85. The van der Waals surface area contributed by atoms with Gasteiger partial charge in [0.1, 0.15) is 0 Å². The van der Waals surface area contributed by atoms with E-state index < -0.39 is 0 Å². The number of thiazole rings is 1. The Balaban J connectivity index is 2.69. The average molecular weight is 235 g/mol. The summed E-state index contributed by atoms with van der Waals surface area (Å²) in [6.07, 6.45) is 0. The molecule has 76 valence electrons. The van der Waals surface area contributed by atoms with E-state index in [2.05, 4.69) is 36.2 Å². The molecule has 3 rings (SSSR count). The molecule has 1 aromatic carbocycles. The molecule has 5 heteroatoms. The summed E-state index contributed by atoms with van der Waals surface area (Å²) in [5, 5.41) is 7.01. The zero-order valence-corrected chi connectivity index (χ0v) is 10.00. The third-order valence-electron chi connectivity index (χ3n) is 2.48. The van der Waals surface area contributed by atoms with Crippen LogP contribution in [0.4, 0.5) is 0 Å². The van der Waals surface area contributed by atoms with Crippen molar-refractivity contribution in [3.05, 3.63) is 28.0 Å². The fourth-order valence-electron chi connectivity index (χ4n) is 1.93. The summed E-state index contributed by atoms with van der Waals surface area (Å²) in [7, 11) is 0. The zero-order chi connectivity index (χ0) is 10.6. The van der Waals surface area contributed by atoms with E-state index in [1.54, 1.807) is 11.3 Å². The fourth-order valence-corrected chi connectivity index (χ4v) is 3.37. The highest BCUT2D eigenvalue weighted by Crippen LogP contribution is 2.28. The maximum absolute atomic E-state index is 5.21. The van der Waals surface area contributed by atoms with Gasteiger partial charge in [0, 0.05) is 0 Å². The molecule has 2 aromatic heterocycles. The molecular formula is C10H9N3S2. The topological polar surface area (TPSA) is 33.1 Å². The Morgan fingerprint density at radius 3 is 3.00 bits per heavy atom. The molecule has 2 heterocycles. The number of rotatable bonds is 0. The van der Waals surface area contributed by atoms with E-state index in [0.29, 0.717) is 4.77 Å². The lowest BCUT2D eigenvalue weighted by molar-refractivity contribution is 1.08. The van der Waals surface area contributed by atoms with E-state index >= 15 is 0 Å². The van der Waals surface area contributed by atoms with Crippen LogP contribution in [0, 0.1) is 18.6 Å². The predicted molar refractivity (Wildman–Crippen MR) is 65.2 cm³/mol. The molecule has 1 N–H and O–H groups in total. The van der Waals surface area contributed by atoms with Crippen molar-refractivity contribution in [2.45, 2.75) is 13.8 Å². The molecule has 0 saturated heterocycles. The summed E-state index contributed by atoms with van der Waals surface area (Å²) in [6.45, 7) is 4.21. The first-order chi connectivity index (χ1) is 7.16. The molecule has 0 amide bonds. The third kappa shape index (κ3) is 1.16. The van der Waals surface area contributed by atoms with Crippen LogP contribution in [-0.4, -0.2) is 14.6 Å². The summed E-state index contributed by atoms with van der Waals surface area (Å²) < 4.78 is 3.92. The minimum atomic E-state index is 0.670. The van der Waals surface area contributed by atoms with Crippen LogP contribution in [0.5, 0.6) is 0 Å². The monoisotopic (exact) mass is 235 g/mol. The van der Waals surface area contributed by atoms with Crippen LogP contribution in [0.1, 0.15) is 11.1 Å². The Kier molecular flexibility index (Phi) is 1.75. The summed E-state index contributed by atoms with van der Waals surface area (Å²) in [4.78, 5) is 0.934. The van der Waals surface area contributed by atoms with Gasteiger partial charge in [0.15, 0.2) is 0 Å². The largest absolute Gasteiger partial charge is 0.258 e. The normalized spacial score (nSPS) is 11.6. The molecule has 0 saturated carbocycles. The number of hydrogen-bond acceptors (Lipinski definition) is 3. The Bertz CT molecular complexity index is 717. The van der Waals surface area contributed by atoms with Crippen molar-refractivity contribution in [3.8, 4) is 0 Å². The van der Waals surface area contributed by atoms with Crippen LogP contribution in [0.25, 0.3) is 15.2 Å². The number of hydrogen-bond donors (Lipinski definition) is 1. The van der Waals surface area contributed by atoms with Crippen LogP contribution in [-0.2, 0) is 0 Å². The van der Waals surface area contributed by atoms with Crippen molar-refractivity contribution in [2.75, 3.05) is 0 Å². The van der Waals surface area contributed by atoms with Gasteiger partial charge in [-0.25, -0.2) is 0 Å². The minimum Gasteiger partial charge on any atom is -0.258 e. The minimum absolute atomic E-state index is 0.670. The molecule has 0 unspecified atom stereocenters. The number of benzene rings is 1. The van der Waals surface area contributed by atoms with E-state index in [1.807, 2.05) is 4.40 Å². The van der Waals surface area contributed by atoms with Crippen LogP contribution >= 0.6 is 23.6 Å². The van der Waals surface area contributed by atoms with Gasteiger partial charge in [0.25, 0.3) is 0 Å². The Morgan fingerprint density at radius 1 is 1.40 bits per heavy atom. The van der Waals surface area contributed by atoms with Crippen molar-refractivity contribution in [1.29, 1.82) is 0 Å². The zero-order valence-electron chi connectivity index (χ0n) is 8.37. The molecule has 0 aliphatic rings. The molecule has 0 fully saturated rings. The lowest BCUT2D eigenvalue weighted by atomic mass is 10.1. The van der Waals surface area contributed by atoms with Crippen molar-refractivity contribution >= 4 is 38.7 Å². The molecule has 0 aliphatic carbocycles. The maximum Gasteiger partial charge on any atom is 0.215 e. The molecular weight excluding hydrogens is 226 g/mol. The Morgan fingerprint density at radius 2 is 2.20 bits per heavy atom. The number of H-pyrrole nitrogens is 1. The molecule has 0 spiro atoms. The van der Waals surface area contributed by atoms with Gasteiger partial charge in [0.05, 0.1) is 10.2 Å². The second-order valence-corrected chi connectivity index (χ2v) is 5.07. The van der Waals surface area contributed by atoms with Gasteiger partial charge >= 0.3 is 0 Å². The SMILES string of the molecule is Cc1cc(C)c2c(c1)sc1n[nH]c(=S)n12. The number of fused-ring (bicyclic) bond motifs is 3. The molecule has 3 aromatic rings. The molecule has 0 radical (unpaired) electrons. The number of nitrogens with zero attached hydrogens (tertiary/aromatic N) is 2. The quantitative estimate of drug-likeness (QED) is 0.607. The van der Waals surface area contributed by atoms with Crippen molar-refractivity contribution in [2.24, 2.45) is 0 Å². The van der Waals surface area contributed by atoms with Crippen LogP contribution in [0.3, 0.4) is 0 Å². The second-order valence-electron chi connectivity index (χ2n) is 3.68. The lowest BCUT2D eigenvalue weighted by Gasteiger charge is -1.98. The first kappa shape index (κ1) is 9.06. The number of aromatic nitrogens is 3. The average Bonchev–Trinajstić information content (AvgIpc) is 2.66. The van der Waals surface area contributed by atoms with Gasteiger partial charge in [-0.1, -0.05) is 17.4 Å². The number of nitrogens with one attached hydrogen (secondary N) is 1. The first-order valence-corrected chi connectivity index (χ1v) is 5.86. The Labute approximate surface area is 95.4 Å². The van der Waals surface area contributed by atoms with E-state index in [4.69, 9.17) is 12.2 Å². The third-order valence-corrected chi connectivity index (χ3v) is 3.74. The van der Waals surface area contributed by atoms with Crippen LogP contribution in [0.15, 0.2) is 12.1 Å². The van der Waals surface area contributed by atoms with E-state index in [1.165, 1.54) is 21.3 Å².